The lowest BCUT2D eigenvalue weighted by Crippen LogP contribution is -2.14. The van der Waals surface area contributed by atoms with E-state index in [1.165, 1.54) is 42.5 Å². The van der Waals surface area contributed by atoms with Crippen molar-refractivity contribution in [2.75, 3.05) is 10.0 Å². The van der Waals surface area contributed by atoms with Crippen LogP contribution in [0.3, 0.4) is 0 Å². The molecule has 2 heterocycles. The van der Waals surface area contributed by atoms with Gasteiger partial charge in [-0.1, -0.05) is 29.4 Å². The number of amides is 1. The Morgan fingerprint density at radius 2 is 1.84 bits per heavy atom. The Hall–Kier alpha value is -3.50. The van der Waals surface area contributed by atoms with Crippen LogP contribution in [0.1, 0.15) is 18.4 Å². The zero-order valence-electron chi connectivity index (χ0n) is 16.4. The fraction of sp³-hybridized carbons (Fsp3) is 0.0952. The van der Waals surface area contributed by atoms with E-state index in [-0.39, 0.29) is 17.2 Å². The van der Waals surface area contributed by atoms with Gasteiger partial charge >= 0.3 is 0 Å². The van der Waals surface area contributed by atoms with Gasteiger partial charge in [0.1, 0.15) is 0 Å². The normalized spacial score (nSPS) is 11.3. The molecule has 2 N–H and O–H groups in total. The molecule has 0 spiro atoms. The molecule has 2 aromatic carbocycles. The summed E-state index contributed by atoms with van der Waals surface area (Å²) in [5.74, 6) is 0.656. The molecule has 0 unspecified atom stereocenters. The van der Waals surface area contributed by atoms with Gasteiger partial charge in [0.25, 0.3) is 10.0 Å². The zero-order chi connectivity index (χ0) is 21.8. The number of thiophene rings is 1. The molecule has 4 aromatic rings. The van der Waals surface area contributed by atoms with Gasteiger partial charge in [0.15, 0.2) is 0 Å². The fourth-order valence-electron chi connectivity index (χ4n) is 2.89. The molecule has 4 rings (SSSR count). The van der Waals surface area contributed by atoms with Gasteiger partial charge in [-0.3, -0.25) is 9.52 Å². The third kappa shape index (κ3) is 4.98. The number of nitrogens with zero attached hydrogens (tertiary/aromatic N) is 2. The first-order valence-electron chi connectivity index (χ1n) is 9.25. The Morgan fingerprint density at radius 1 is 1.06 bits per heavy atom. The predicted octanol–water partition coefficient (Wildman–Crippen LogP) is 4.15. The van der Waals surface area contributed by atoms with E-state index in [0.717, 1.165) is 4.88 Å². The van der Waals surface area contributed by atoms with Gasteiger partial charge < -0.3 is 9.84 Å². The highest BCUT2D eigenvalue weighted by Gasteiger charge is 2.18. The lowest BCUT2D eigenvalue weighted by molar-refractivity contribution is -0.114. The Morgan fingerprint density at radius 3 is 2.55 bits per heavy atom. The monoisotopic (exact) mass is 454 g/mol. The van der Waals surface area contributed by atoms with Crippen LogP contribution in [0, 0.1) is 0 Å². The number of rotatable bonds is 7. The number of para-hydroxylation sites is 1. The van der Waals surface area contributed by atoms with Gasteiger partial charge in [-0.2, -0.15) is 4.98 Å². The highest BCUT2D eigenvalue weighted by molar-refractivity contribution is 7.92. The first kappa shape index (κ1) is 20.8. The van der Waals surface area contributed by atoms with E-state index in [1.807, 2.05) is 23.6 Å². The lowest BCUT2D eigenvalue weighted by atomic mass is 10.1. The number of nitrogens with one attached hydrogen (secondary N) is 2. The number of carbonyl (C=O) groups excluding carboxylic acids is 1. The van der Waals surface area contributed by atoms with Crippen molar-refractivity contribution >= 4 is 38.6 Å². The van der Waals surface area contributed by atoms with Crippen LogP contribution in [0.25, 0.3) is 10.7 Å². The largest absolute Gasteiger partial charge is 0.339 e. The summed E-state index contributed by atoms with van der Waals surface area (Å²) in [5, 5.41) is 8.52. The van der Waals surface area contributed by atoms with E-state index >= 15 is 0 Å². The summed E-state index contributed by atoms with van der Waals surface area (Å²) in [7, 11) is -3.83. The van der Waals surface area contributed by atoms with Crippen molar-refractivity contribution in [3.8, 4) is 10.7 Å². The van der Waals surface area contributed by atoms with Crippen LogP contribution in [0.5, 0.6) is 0 Å². The molecule has 0 bridgehead atoms. The van der Waals surface area contributed by atoms with E-state index < -0.39 is 10.0 Å². The van der Waals surface area contributed by atoms with Gasteiger partial charge in [0, 0.05) is 12.6 Å². The van der Waals surface area contributed by atoms with E-state index in [0.29, 0.717) is 28.7 Å². The number of aromatic nitrogens is 2. The minimum atomic E-state index is -3.83. The molecule has 0 aliphatic rings. The molecule has 0 aliphatic heterocycles. The first-order chi connectivity index (χ1) is 14.9. The molecule has 10 heteroatoms. The van der Waals surface area contributed by atoms with Gasteiger partial charge in [0.05, 0.1) is 21.9 Å². The zero-order valence-corrected chi connectivity index (χ0v) is 18.0. The molecule has 158 valence electrons. The van der Waals surface area contributed by atoms with E-state index in [4.69, 9.17) is 4.52 Å². The summed E-state index contributed by atoms with van der Waals surface area (Å²) < 4.78 is 33.7. The standard InChI is InChI=1S/C21H18N4O4S2/c1-14(26)22-16-8-10-17(11-9-16)31(27,28)25-18-6-3-2-5-15(18)13-20-23-21(24-29-20)19-7-4-12-30-19/h2-12,25H,13H2,1H3,(H,22,26). The summed E-state index contributed by atoms with van der Waals surface area (Å²) in [6, 6.07) is 16.8. The Bertz CT molecular complexity index is 1300. The second kappa shape index (κ2) is 8.70. The fourth-order valence-corrected chi connectivity index (χ4v) is 4.64. The molecule has 0 fully saturated rings. The molecular weight excluding hydrogens is 436 g/mol. The summed E-state index contributed by atoms with van der Waals surface area (Å²) >= 11 is 1.51. The number of hydrogen-bond donors (Lipinski definition) is 2. The van der Waals surface area contributed by atoms with Crippen LogP contribution in [0.2, 0.25) is 0 Å². The highest BCUT2D eigenvalue weighted by atomic mass is 32.2. The van der Waals surface area contributed by atoms with Gasteiger partial charge in [0.2, 0.25) is 17.6 Å². The summed E-state index contributed by atoms with van der Waals surface area (Å²) in [6.45, 7) is 1.38. The lowest BCUT2D eigenvalue weighted by Gasteiger charge is -2.12. The van der Waals surface area contributed by atoms with Crippen LogP contribution >= 0.6 is 11.3 Å². The average Bonchev–Trinajstić information content (AvgIpc) is 3.41. The minimum absolute atomic E-state index is 0.0779. The maximum absolute atomic E-state index is 12.9. The van der Waals surface area contributed by atoms with Crippen molar-refractivity contribution in [3.05, 3.63) is 77.5 Å². The van der Waals surface area contributed by atoms with Gasteiger partial charge in [-0.25, -0.2) is 8.42 Å². The molecule has 0 atom stereocenters. The van der Waals surface area contributed by atoms with Crippen molar-refractivity contribution in [1.82, 2.24) is 10.1 Å². The number of benzene rings is 2. The third-order valence-electron chi connectivity index (χ3n) is 4.30. The molecule has 1 amide bonds. The molecule has 0 aliphatic carbocycles. The highest BCUT2D eigenvalue weighted by Crippen LogP contribution is 2.25. The van der Waals surface area contributed by atoms with E-state index in [1.54, 1.807) is 18.2 Å². The van der Waals surface area contributed by atoms with Crippen molar-refractivity contribution < 1.29 is 17.7 Å². The van der Waals surface area contributed by atoms with Crippen LogP contribution in [0.15, 0.2) is 75.5 Å². The Balaban J connectivity index is 1.54. The number of carbonyl (C=O) groups is 1. The first-order valence-corrected chi connectivity index (χ1v) is 11.6. The SMILES string of the molecule is CC(=O)Nc1ccc(S(=O)(=O)Nc2ccccc2Cc2nc(-c3cccs3)no2)cc1. The summed E-state index contributed by atoms with van der Waals surface area (Å²) in [6.07, 6.45) is 0.276. The molecule has 0 saturated carbocycles. The van der Waals surface area contributed by atoms with Crippen LogP contribution in [-0.2, 0) is 21.2 Å². The number of anilines is 2. The average molecular weight is 455 g/mol. The minimum Gasteiger partial charge on any atom is -0.339 e. The maximum Gasteiger partial charge on any atom is 0.261 e. The predicted molar refractivity (Wildman–Crippen MR) is 118 cm³/mol. The smallest absolute Gasteiger partial charge is 0.261 e. The van der Waals surface area contributed by atoms with Gasteiger partial charge in [-0.15, -0.1) is 11.3 Å². The van der Waals surface area contributed by atoms with Crippen LogP contribution in [-0.4, -0.2) is 24.5 Å². The second-order valence-electron chi connectivity index (χ2n) is 6.63. The van der Waals surface area contributed by atoms with Crippen molar-refractivity contribution in [3.63, 3.8) is 0 Å². The molecular formula is C21H18N4O4S2. The summed E-state index contributed by atoms with van der Waals surface area (Å²) in [4.78, 5) is 16.5. The number of hydrogen-bond acceptors (Lipinski definition) is 7. The third-order valence-corrected chi connectivity index (χ3v) is 6.55. The molecule has 8 nitrogen and oxygen atoms in total. The maximum atomic E-state index is 12.9. The molecule has 0 saturated heterocycles. The van der Waals surface area contributed by atoms with Crippen molar-refractivity contribution in [2.24, 2.45) is 0 Å². The van der Waals surface area contributed by atoms with Crippen LogP contribution in [0.4, 0.5) is 11.4 Å². The van der Waals surface area contributed by atoms with E-state index in [9.17, 15) is 13.2 Å². The molecule has 2 aromatic heterocycles. The Labute approximate surface area is 183 Å². The molecule has 0 radical (unpaired) electrons. The Kier molecular flexibility index (Phi) is 5.83. The molecule has 31 heavy (non-hydrogen) atoms. The number of sulfonamides is 1. The van der Waals surface area contributed by atoms with Crippen molar-refractivity contribution in [2.45, 2.75) is 18.2 Å². The summed E-state index contributed by atoms with van der Waals surface area (Å²) in [5.41, 5.74) is 1.64. The van der Waals surface area contributed by atoms with Crippen LogP contribution < -0.4 is 10.0 Å². The topological polar surface area (TPSA) is 114 Å². The van der Waals surface area contributed by atoms with Crippen molar-refractivity contribution in [1.29, 1.82) is 0 Å². The van der Waals surface area contributed by atoms with Gasteiger partial charge in [-0.05, 0) is 47.3 Å². The quantitative estimate of drug-likeness (QED) is 0.434. The van der Waals surface area contributed by atoms with E-state index in [2.05, 4.69) is 20.2 Å². The second-order valence-corrected chi connectivity index (χ2v) is 9.26.